The van der Waals surface area contributed by atoms with Gasteiger partial charge in [0.25, 0.3) is 0 Å². The molecule has 12 heteroatoms. The van der Waals surface area contributed by atoms with E-state index in [1.165, 1.54) is 23.1 Å². The summed E-state index contributed by atoms with van der Waals surface area (Å²) in [7, 11) is 6.47. The molecule has 1 aliphatic carbocycles. The molecular formula is C26H32N4O6S2. The quantitative estimate of drug-likeness (QED) is 0.281. The van der Waals surface area contributed by atoms with Gasteiger partial charge in [-0.15, -0.1) is 21.5 Å². The summed E-state index contributed by atoms with van der Waals surface area (Å²) in [4.78, 5) is 26.8. The summed E-state index contributed by atoms with van der Waals surface area (Å²) in [6.07, 6.45) is 2.73. The van der Waals surface area contributed by atoms with Crippen molar-refractivity contribution in [1.29, 1.82) is 0 Å². The number of esters is 1. The number of hydrogen-bond donors (Lipinski definition) is 1. The van der Waals surface area contributed by atoms with Gasteiger partial charge in [0, 0.05) is 17.5 Å². The Kier molecular flexibility index (Phi) is 8.83. The highest BCUT2D eigenvalue weighted by Crippen LogP contribution is 2.42. The van der Waals surface area contributed by atoms with Crippen LogP contribution >= 0.6 is 23.1 Å². The number of carbonyl (C=O) groups excluding carboxylic acids is 2. The molecule has 38 heavy (non-hydrogen) atoms. The van der Waals surface area contributed by atoms with Crippen molar-refractivity contribution in [3.63, 3.8) is 0 Å². The first-order valence-corrected chi connectivity index (χ1v) is 14.0. The number of thiophene rings is 1. The molecule has 10 nitrogen and oxygen atoms in total. The van der Waals surface area contributed by atoms with E-state index in [1.54, 1.807) is 45.0 Å². The third-order valence-corrected chi connectivity index (χ3v) is 8.52. The number of carbonyl (C=O) groups is 2. The number of ether oxygens (including phenoxy) is 4. The van der Waals surface area contributed by atoms with Crippen molar-refractivity contribution in [2.45, 2.75) is 38.3 Å². The van der Waals surface area contributed by atoms with Crippen LogP contribution in [0.4, 0.5) is 5.00 Å². The molecule has 0 saturated heterocycles. The Balaban J connectivity index is 1.50. The zero-order valence-corrected chi connectivity index (χ0v) is 24.0. The molecule has 1 atom stereocenters. The lowest BCUT2D eigenvalue weighted by Crippen LogP contribution is -2.18. The molecule has 1 aromatic carbocycles. The van der Waals surface area contributed by atoms with Gasteiger partial charge in [0.1, 0.15) is 5.00 Å². The summed E-state index contributed by atoms with van der Waals surface area (Å²) >= 11 is 2.73. The molecular weight excluding hydrogens is 528 g/mol. The van der Waals surface area contributed by atoms with Crippen LogP contribution in [0.25, 0.3) is 11.4 Å². The van der Waals surface area contributed by atoms with Crippen LogP contribution in [0.3, 0.4) is 0 Å². The first-order chi connectivity index (χ1) is 18.3. The molecule has 2 heterocycles. The molecule has 1 unspecified atom stereocenters. The van der Waals surface area contributed by atoms with Crippen molar-refractivity contribution in [3.8, 4) is 28.6 Å². The maximum absolute atomic E-state index is 12.9. The Bertz CT molecular complexity index is 1310. The van der Waals surface area contributed by atoms with E-state index in [1.807, 2.05) is 7.05 Å². The number of nitrogens with one attached hydrogen (secondary N) is 1. The Morgan fingerprint density at radius 1 is 1.16 bits per heavy atom. The highest BCUT2D eigenvalue weighted by atomic mass is 32.2. The van der Waals surface area contributed by atoms with Gasteiger partial charge < -0.3 is 28.8 Å². The van der Waals surface area contributed by atoms with Crippen LogP contribution in [0.2, 0.25) is 0 Å². The molecule has 204 valence electrons. The molecule has 2 aromatic heterocycles. The lowest BCUT2D eigenvalue weighted by molar-refractivity contribution is -0.113. The predicted molar refractivity (Wildman–Crippen MR) is 147 cm³/mol. The highest BCUT2D eigenvalue weighted by Gasteiger charge is 2.29. The van der Waals surface area contributed by atoms with E-state index in [2.05, 4.69) is 22.4 Å². The predicted octanol–water partition coefficient (Wildman–Crippen LogP) is 4.60. The van der Waals surface area contributed by atoms with Crippen molar-refractivity contribution in [3.05, 3.63) is 28.1 Å². The minimum atomic E-state index is -0.384. The Labute approximate surface area is 230 Å². The number of benzene rings is 1. The Hall–Kier alpha value is -3.25. The number of nitrogens with zero attached hydrogens (tertiary/aromatic N) is 3. The second-order valence-corrected chi connectivity index (χ2v) is 10.9. The summed E-state index contributed by atoms with van der Waals surface area (Å²) in [5.74, 6) is 2.10. The third-order valence-electron chi connectivity index (χ3n) is 6.33. The van der Waals surface area contributed by atoms with E-state index in [4.69, 9.17) is 18.9 Å². The van der Waals surface area contributed by atoms with Crippen LogP contribution in [-0.4, -0.2) is 60.3 Å². The first-order valence-electron chi connectivity index (χ1n) is 12.2. The summed E-state index contributed by atoms with van der Waals surface area (Å²) in [5, 5.41) is 12.6. The topological polar surface area (TPSA) is 114 Å². The van der Waals surface area contributed by atoms with Crippen LogP contribution in [0.15, 0.2) is 17.3 Å². The molecule has 1 N–H and O–H groups in total. The van der Waals surface area contributed by atoms with Crippen LogP contribution in [0, 0.1) is 5.92 Å². The summed E-state index contributed by atoms with van der Waals surface area (Å²) in [5.41, 5.74) is 2.24. The number of amides is 1. The van der Waals surface area contributed by atoms with Gasteiger partial charge in [-0.2, -0.15) is 0 Å². The van der Waals surface area contributed by atoms with E-state index in [9.17, 15) is 9.59 Å². The summed E-state index contributed by atoms with van der Waals surface area (Å²) in [6.45, 7) is 4.26. The average Bonchev–Trinajstić information content (AvgIpc) is 3.45. The standard InChI is InChI=1S/C26H32N4O6S2/c1-7-36-25(32)21-16-9-8-14(2)10-19(16)38-24(21)27-20(31)13-37-26-29-28-23(30(26)3)15-11-17(33-4)22(35-6)18(12-15)34-5/h11-12,14H,7-10,13H2,1-6H3,(H,27,31). The lowest BCUT2D eigenvalue weighted by atomic mass is 9.88. The number of anilines is 1. The lowest BCUT2D eigenvalue weighted by Gasteiger charge is -2.18. The van der Waals surface area contributed by atoms with Crippen molar-refractivity contribution >= 4 is 40.0 Å². The highest BCUT2D eigenvalue weighted by molar-refractivity contribution is 7.99. The fourth-order valence-corrected chi connectivity index (χ4v) is 6.58. The zero-order chi connectivity index (χ0) is 27.4. The first kappa shape index (κ1) is 27.8. The normalized spacial score (nSPS) is 14.5. The molecule has 0 aliphatic heterocycles. The molecule has 0 bridgehead atoms. The zero-order valence-electron chi connectivity index (χ0n) is 22.4. The third kappa shape index (κ3) is 5.60. The van der Waals surface area contributed by atoms with E-state index in [0.717, 1.165) is 35.3 Å². The number of rotatable bonds is 10. The number of fused-ring (bicyclic) bond motifs is 1. The minimum Gasteiger partial charge on any atom is -0.493 e. The van der Waals surface area contributed by atoms with Crippen LogP contribution < -0.4 is 19.5 Å². The summed E-state index contributed by atoms with van der Waals surface area (Å²) in [6, 6.07) is 3.59. The maximum Gasteiger partial charge on any atom is 0.341 e. The molecule has 1 aliphatic rings. The largest absolute Gasteiger partial charge is 0.493 e. The fraction of sp³-hybridized carbons (Fsp3) is 0.462. The van der Waals surface area contributed by atoms with Crippen molar-refractivity contribution < 1.29 is 28.5 Å². The SMILES string of the molecule is CCOC(=O)c1c(NC(=O)CSc2nnc(-c3cc(OC)c(OC)c(OC)c3)n2C)sc2c1CCC(C)C2. The van der Waals surface area contributed by atoms with Gasteiger partial charge in [-0.1, -0.05) is 18.7 Å². The van der Waals surface area contributed by atoms with Crippen molar-refractivity contribution in [2.24, 2.45) is 13.0 Å². The van der Waals surface area contributed by atoms with Crippen LogP contribution in [-0.2, 0) is 29.4 Å². The number of thioether (sulfide) groups is 1. The molecule has 4 rings (SSSR count). The maximum atomic E-state index is 12.9. The second kappa shape index (κ2) is 12.1. The van der Waals surface area contributed by atoms with Gasteiger partial charge in [-0.05, 0) is 49.8 Å². The number of hydrogen-bond acceptors (Lipinski definition) is 10. The monoisotopic (exact) mass is 560 g/mol. The molecule has 0 saturated carbocycles. The van der Waals surface area contributed by atoms with Gasteiger partial charge in [0.15, 0.2) is 22.5 Å². The van der Waals surface area contributed by atoms with Crippen molar-refractivity contribution in [1.82, 2.24) is 14.8 Å². The number of aromatic nitrogens is 3. The Morgan fingerprint density at radius 2 is 1.87 bits per heavy atom. The van der Waals surface area contributed by atoms with Gasteiger partial charge in [-0.25, -0.2) is 4.79 Å². The van der Waals surface area contributed by atoms with E-state index in [-0.39, 0.29) is 24.2 Å². The van der Waals surface area contributed by atoms with Gasteiger partial charge in [0.05, 0.1) is 39.3 Å². The Morgan fingerprint density at radius 3 is 2.50 bits per heavy atom. The van der Waals surface area contributed by atoms with Crippen molar-refractivity contribution in [2.75, 3.05) is 39.0 Å². The van der Waals surface area contributed by atoms with E-state index >= 15 is 0 Å². The number of methoxy groups -OCH3 is 3. The molecule has 0 radical (unpaired) electrons. The van der Waals surface area contributed by atoms with E-state index < -0.39 is 0 Å². The minimum absolute atomic E-state index is 0.0997. The molecule has 3 aromatic rings. The molecule has 1 amide bonds. The van der Waals surface area contributed by atoms with Gasteiger partial charge >= 0.3 is 5.97 Å². The van der Waals surface area contributed by atoms with Crippen LogP contribution in [0.1, 0.15) is 41.1 Å². The average molecular weight is 561 g/mol. The second-order valence-electron chi connectivity index (χ2n) is 8.89. The molecule has 0 spiro atoms. The summed E-state index contributed by atoms with van der Waals surface area (Å²) < 4.78 is 23.4. The van der Waals surface area contributed by atoms with E-state index in [0.29, 0.717) is 44.7 Å². The smallest absolute Gasteiger partial charge is 0.341 e. The van der Waals surface area contributed by atoms with Gasteiger partial charge in [-0.3, -0.25) is 4.79 Å². The fourth-order valence-electron chi connectivity index (χ4n) is 4.45. The van der Waals surface area contributed by atoms with Crippen LogP contribution in [0.5, 0.6) is 17.2 Å². The van der Waals surface area contributed by atoms with Gasteiger partial charge in [0.2, 0.25) is 11.7 Å². The molecule has 0 fully saturated rings.